The molecule has 0 saturated heterocycles. The zero-order valence-electron chi connectivity index (χ0n) is 12.1. The Hall–Kier alpha value is -2.57. The Morgan fingerprint density at radius 3 is 2.59 bits per heavy atom. The molecule has 2 aromatic carbocycles. The Morgan fingerprint density at radius 1 is 1.18 bits per heavy atom. The summed E-state index contributed by atoms with van der Waals surface area (Å²) in [6.07, 6.45) is 0. The van der Waals surface area contributed by atoms with Crippen molar-refractivity contribution in [2.75, 3.05) is 0 Å². The van der Waals surface area contributed by atoms with E-state index in [1.54, 1.807) is 24.3 Å². The lowest BCUT2D eigenvalue weighted by Crippen LogP contribution is -2.03. The van der Waals surface area contributed by atoms with Crippen molar-refractivity contribution in [3.63, 3.8) is 0 Å². The average molecular weight is 310 g/mol. The quantitative estimate of drug-likeness (QED) is 0.660. The van der Waals surface area contributed by atoms with E-state index in [0.29, 0.717) is 32.9 Å². The molecule has 108 valence electrons. The average Bonchev–Trinajstić information content (AvgIpc) is 2.50. The fraction of sp³-hybridized carbons (Fsp3) is 0.111. The number of aryl methyl sites for hydroxylation is 1. The first-order valence-electron chi connectivity index (χ1n) is 6.76. The van der Waals surface area contributed by atoms with Crippen LogP contribution in [0, 0.1) is 25.2 Å². The zero-order chi connectivity index (χ0) is 15.9. The normalized spacial score (nSPS) is 10.6. The van der Waals surface area contributed by atoms with Crippen molar-refractivity contribution in [3.05, 3.63) is 68.3 Å². The van der Waals surface area contributed by atoms with E-state index in [0.717, 1.165) is 11.1 Å². The molecule has 0 saturated carbocycles. The summed E-state index contributed by atoms with van der Waals surface area (Å²) in [5, 5.41) is 10.3. The maximum Gasteiger partial charge on any atom is 0.193 e. The van der Waals surface area contributed by atoms with Crippen LogP contribution >= 0.6 is 11.6 Å². The maximum atomic E-state index is 12.4. The van der Waals surface area contributed by atoms with E-state index in [2.05, 4.69) is 6.07 Å². The molecule has 1 aromatic heterocycles. The van der Waals surface area contributed by atoms with Crippen molar-refractivity contribution in [2.24, 2.45) is 0 Å². The van der Waals surface area contributed by atoms with Crippen LogP contribution in [0.25, 0.3) is 22.3 Å². The molecule has 1 heterocycles. The molecule has 0 bridgehead atoms. The van der Waals surface area contributed by atoms with Gasteiger partial charge in [0.2, 0.25) is 0 Å². The summed E-state index contributed by atoms with van der Waals surface area (Å²) in [5.74, 6) is 0.364. The Kier molecular flexibility index (Phi) is 3.48. The summed E-state index contributed by atoms with van der Waals surface area (Å²) in [5.41, 5.74) is 2.85. The predicted molar refractivity (Wildman–Crippen MR) is 87.1 cm³/mol. The van der Waals surface area contributed by atoms with Crippen molar-refractivity contribution in [1.29, 1.82) is 5.26 Å². The predicted octanol–water partition coefficient (Wildman–Crippen LogP) is 4.60. The Labute approximate surface area is 132 Å². The van der Waals surface area contributed by atoms with Gasteiger partial charge in [-0.1, -0.05) is 23.7 Å². The first-order valence-corrected chi connectivity index (χ1v) is 7.13. The largest absolute Gasteiger partial charge is 0.454 e. The van der Waals surface area contributed by atoms with Crippen LogP contribution in [-0.2, 0) is 0 Å². The van der Waals surface area contributed by atoms with Gasteiger partial charge in [-0.2, -0.15) is 5.26 Å². The molecule has 0 radical (unpaired) electrons. The minimum atomic E-state index is -0.184. The zero-order valence-corrected chi connectivity index (χ0v) is 12.9. The molecule has 0 fully saturated rings. The van der Waals surface area contributed by atoms with Gasteiger partial charge >= 0.3 is 0 Å². The Bertz CT molecular complexity index is 996. The molecular formula is C18H12ClNO2. The summed E-state index contributed by atoms with van der Waals surface area (Å²) in [6.45, 7) is 3.71. The monoisotopic (exact) mass is 309 g/mol. The first-order chi connectivity index (χ1) is 10.5. The summed E-state index contributed by atoms with van der Waals surface area (Å²) in [4.78, 5) is 12.4. The molecule has 0 aliphatic carbocycles. The second kappa shape index (κ2) is 5.32. The van der Waals surface area contributed by atoms with Crippen LogP contribution in [0.15, 0.2) is 45.6 Å². The van der Waals surface area contributed by atoms with Crippen molar-refractivity contribution < 1.29 is 4.42 Å². The maximum absolute atomic E-state index is 12.4. The van der Waals surface area contributed by atoms with Crippen molar-refractivity contribution in [3.8, 4) is 17.4 Å². The van der Waals surface area contributed by atoms with Gasteiger partial charge < -0.3 is 4.42 Å². The van der Waals surface area contributed by atoms with E-state index in [1.807, 2.05) is 19.9 Å². The number of hydrogen-bond acceptors (Lipinski definition) is 3. The third-order valence-electron chi connectivity index (χ3n) is 3.79. The standard InChI is InChI=1S/C18H12ClNO2/c1-10-7-13-16(21)8-17(12-5-3-4-6-15(12)19)22-18(13)14(9-20)11(10)2/h3-8H,1-2H3. The molecule has 3 nitrogen and oxygen atoms in total. The molecule has 3 rings (SSSR count). The van der Waals surface area contributed by atoms with Gasteiger partial charge in [0.15, 0.2) is 11.0 Å². The van der Waals surface area contributed by atoms with E-state index in [9.17, 15) is 10.1 Å². The smallest absolute Gasteiger partial charge is 0.193 e. The molecule has 0 aliphatic rings. The third-order valence-corrected chi connectivity index (χ3v) is 4.12. The Morgan fingerprint density at radius 2 is 1.91 bits per heavy atom. The molecule has 0 spiro atoms. The molecular weight excluding hydrogens is 298 g/mol. The van der Waals surface area contributed by atoms with Gasteiger partial charge in [0.1, 0.15) is 11.8 Å². The van der Waals surface area contributed by atoms with E-state index in [1.165, 1.54) is 6.07 Å². The van der Waals surface area contributed by atoms with Crippen molar-refractivity contribution in [2.45, 2.75) is 13.8 Å². The van der Waals surface area contributed by atoms with Gasteiger partial charge in [-0.25, -0.2) is 0 Å². The lowest BCUT2D eigenvalue weighted by molar-refractivity contribution is 0.617. The van der Waals surface area contributed by atoms with Crippen molar-refractivity contribution in [1.82, 2.24) is 0 Å². The van der Waals surface area contributed by atoms with Crippen LogP contribution in [0.5, 0.6) is 0 Å². The van der Waals surface area contributed by atoms with Crippen molar-refractivity contribution >= 4 is 22.6 Å². The van der Waals surface area contributed by atoms with Gasteiger partial charge in [-0.05, 0) is 43.2 Å². The van der Waals surface area contributed by atoms with Gasteiger partial charge in [-0.3, -0.25) is 4.79 Å². The van der Waals surface area contributed by atoms with E-state index in [4.69, 9.17) is 16.0 Å². The molecule has 3 aromatic rings. The van der Waals surface area contributed by atoms with Crippen LogP contribution in [0.2, 0.25) is 5.02 Å². The number of nitrogens with zero attached hydrogens (tertiary/aromatic N) is 1. The SMILES string of the molecule is Cc1cc2c(=O)cc(-c3ccccc3Cl)oc2c(C#N)c1C. The topological polar surface area (TPSA) is 54.0 Å². The molecule has 0 amide bonds. The highest BCUT2D eigenvalue weighted by atomic mass is 35.5. The van der Waals surface area contributed by atoms with E-state index < -0.39 is 0 Å². The molecule has 22 heavy (non-hydrogen) atoms. The highest BCUT2D eigenvalue weighted by Crippen LogP contribution is 2.31. The van der Waals surface area contributed by atoms with Crippen LogP contribution in [0.4, 0.5) is 0 Å². The minimum absolute atomic E-state index is 0.184. The number of halogens is 1. The summed E-state index contributed by atoms with van der Waals surface area (Å²) in [6, 6.07) is 12.4. The van der Waals surface area contributed by atoms with E-state index in [-0.39, 0.29) is 5.43 Å². The lowest BCUT2D eigenvalue weighted by Gasteiger charge is -2.09. The number of benzene rings is 2. The van der Waals surface area contributed by atoms with Gasteiger partial charge in [0.25, 0.3) is 0 Å². The fourth-order valence-electron chi connectivity index (χ4n) is 2.45. The van der Waals surface area contributed by atoms with Crippen LogP contribution in [-0.4, -0.2) is 0 Å². The molecule has 4 heteroatoms. The third kappa shape index (κ3) is 2.18. The van der Waals surface area contributed by atoms with Crippen LogP contribution in [0.1, 0.15) is 16.7 Å². The lowest BCUT2D eigenvalue weighted by atomic mass is 10.00. The Balaban J connectivity index is 2.43. The molecule has 0 N–H and O–H groups in total. The first kappa shape index (κ1) is 14.4. The highest BCUT2D eigenvalue weighted by Gasteiger charge is 2.15. The number of fused-ring (bicyclic) bond motifs is 1. The number of hydrogen-bond donors (Lipinski definition) is 0. The summed E-state index contributed by atoms with van der Waals surface area (Å²) in [7, 11) is 0. The molecule has 0 unspecified atom stereocenters. The van der Waals surface area contributed by atoms with Crippen LogP contribution in [0.3, 0.4) is 0 Å². The second-order valence-electron chi connectivity index (χ2n) is 5.14. The van der Waals surface area contributed by atoms with E-state index >= 15 is 0 Å². The van der Waals surface area contributed by atoms with Gasteiger partial charge in [0, 0.05) is 11.6 Å². The minimum Gasteiger partial charge on any atom is -0.454 e. The van der Waals surface area contributed by atoms with Crippen LogP contribution < -0.4 is 5.43 Å². The van der Waals surface area contributed by atoms with Gasteiger partial charge in [-0.15, -0.1) is 0 Å². The second-order valence-corrected chi connectivity index (χ2v) is 5.54. The van der Waals surface area contributed by atoms with Gasteiger partial charge in [0.05, 0.1) is 16.0 Å². The number of rotatable bonds is 1. The summed E-state index contributed by atoms with van der Waals surface area (Å²) < 4.78 is 5.86. The fourth-order valence-corrected chi connectivity index (χ4v) is 2.67. The number of nitriles is 1. The molecule has 0 aliphatic heterocycles. The highest BCUT2D eigenvalue weighted by molar-refractivity contribution is 6.33. The summed E-state index contributed by atoms with van der Waals surface area (Å²) >= 11 is 6.17. The molecule has 0 atom stereocenters.